The largest absolute Gasteiger partial charge is 0.380 e. The highest BCUT2D eigenvalue weighted by Crippen LogP contribution is 2.12. The number of hydrogen-bond donors (Lipinski definition) is 1. The van der Waals surface area contributed by atoms with Gasteiger partial charge in [0.1, 0.15) is 18.2 Å². The molecule has 0 fully saturated rings. The molecule has 122 valence electrons. The number of carbonyl (C=O) groups excluding carboxylic acids is 1. The molecular formula is C15H16FN3O4. The zero-order valence-corrected chi connectivity index (χ0v) is 12.7. The van der Waals surface area contributed by atoms with E-state index in [4.69, 9.17) is 9.47 Å². The summed E-state index contributed by atoms with van der Waals surface area (Å²) in [6, 6.07) is 5.90. The van der Waals surface area contributed by atoms with E-state index < -0.39 is 17.2 Å². The number of aromatic nitrogens is 2. The molecule has 2 rings (SSSR count). The molecule has 1 amide bonds. The third-order valence-corrected chi connectivity index (χ3v) is 2.98. The normalized spacial score (nSPS) is 10.6. The van der Waals surface area contributed by atoms with Crippen molar-refractivity contribution in [2.45, 2.75) is 6.61 Å². The predicted molar refractivity (Wildman–Crippen MR) is 79.8 cm³/mol. The van der Waals surface area contributed by atoms with Crippen molar-refractivity contribution in [3.8, 4) is 5.69 Å². The molecule has 1 aromatic heterocycles. The molecule has 1 aromatic carbocycles. The number of hydrogen-bond acceptors (Lipinski definition) is 5. The summed E-state index contributed by atoms with van der Waals surface area (Å²) in [4.78, 5) is 24.3. The lowest BCUT2D eigenvalue weighted by atomic mass is 10.2. The maximum absolute atomic E-state index is 13.9. The van der Waals surface area contributed by atoms with E-state index in [1.54, 1.807) is 6.07 Å². The van der Waals surface area contributed by atoms with Crippen LogP contribution in [-0.2, 0) is 16.1 Å². The SMILES string of the molecule is COCNC(=O)c1nn(-c2ccccc2F)cc(COC)c1=O. The molecule has 2 aromatic rings. The van der Waals surface area contributed by atoms with Crippen molar-refractivity contribution in [3.63, 3.8) is 0 Å². The van der Waals surface area contributed by atoms with E-state index in [0.29, 0.717) is 0 Å². The first-order chi connectivity index (χ1) is 11.1. The van der Waals surface area contributed by atoms with Gasteiger partial charge >= 0.3 is 0 Å². The Morgan fingerprint density at radius 2 is 2.04 bits per heavy atom. The number of benzene rings is 1. The second-order valence-corrected chi connectivity index (χ2v) is 4.60. The zero-order chi connectivity index (χ0) is 16.8. The molecule has 23 heavy (non-hydrogen) atoms. The molecule has 0 unspecified atom stereocenters. The Balaban J connectivity index is 2.56. The van der Waals surface area contributed by atoms with Gasteiger partial charge in [-0.15, -0.1) is 0 Å². The van der Waals surface area contributed by atoms with Crippen LogP contribution in [0.2, 0.25) is 0 Å². The van der Waals surface area contributed by atoms with Gasteiger partial charge in [0.25, 0.3) is 5.91 Å². The summed E-state index contributed by atoms with van der Waals surface area (Å²) in [6.07, 6.45) is 1.34. The molecular weight excluding hydrogens is 305 g/mol. The van der Waals surface area contributed by atoms with E-state index in [0.717, 1.165) is 4.68 Å². The second kappa shape index (κ2) is 7.61. The van der Waals surface area contributed by atoms with Crippen molar-refractivity contribution in [3.05, 3.63) is 57.8 Å². The number of methoxy groups -OCH3 is 2. The second-order valence-electron chi connectivity index (χ2n) is 4.60. The van der Waals surface area contributed by atoms with Crippen LogP contribution in [0.25, 0.3) is 5.69 Å². The fraction of sp³-hybridized carbons (Fsp3) is 0.267. The van der Waals surface area contributed by atoms with E-state index >= 15 is 0 Å². The lowest BCUT2D eigenvalue weighted by molar-refractivity contribution is 0.0863. The average Bonchev–Trinajstić information content (AvgIpc) is 2.55. The molecule has 0 aliphatic rings. The van der Waals surface area contributed by atoms with Gasteiger partial charge in [-0.25, -0.2) is 9.07 Å². The van der Waals surface area contributed by atoms with Crippen LogP contribution in [0.4, 0.5) is 4.39 Å². The summed E-state index contributed by atoms with van der Waals surface area (Å²) in [6.45, 7) is -0.103. The number of ether oxygens (including phenoxy) is 2. The predicted octanol–water partition coefficient (Wildman–Crippen LogP) is 0.852. The third-order valence-electron chi connectivity index (χ3n) is 2.98. The van der Waals surface area contributed by atoms with Gasteiger partial charge in [-0.2, -0.15) is 5.10 Å². The highest BCUT2D eigenvalue weighted by molar-refractivity contribution is 5.92. The van der Waals surface area contributed by atoms with Crippen LogP contribution in [0.5, 0.6) is 0 Å². The Hall–Kier alpha value is -2.58. The van der Waals surface area contributed by atoms with E-state index in [1.807, 2.05) is 0 Å². The number of amides is 1. The molecule has 0 atom stereocenters. The quantitative estimate of drug-likeness (QED) is 0.798. The fourth-order valence-corrected chi connectivity index (χ4v) is 1.93. The zero-order valence-electron chi connectivity index (χ0n) is 12.7. The first-order valence-corrected chi connectivity index (χ1v) is 6.72. The number of nitrogens with one attached hydrogen (secondary N) is 1. The van der Waals surface area contributed by atoms with Crippen molar-refractivity contribution in [1.82, 2.24) is 15.1 Å². The van der Waals surface area contributed by atoms with Gasteiger partial charge in [0.2, 0.25) is 5.43 Å². The van der Waals surface area contributed by atoms with Crippen LogP contribution in [0.15, 0.2) is 35.3 Å². The monoisotopic (exact) mass is 321 g/mol. The minimum absolute atomic E-state index is 0.0274. The average molecular weight is 321 g/mol. The summed E-state index contributed by atoms with van der Waals surface area (Å²) < 4.78 is 24.8. The van der Waals surface area contributed by atoms with Crippen LogP contribution in [0, 0.1) is 5.82 Å². The van der Waals surface area contributed by atoms with Crippen molar-refractivity contribution in [1.29, 1.82) is 0 Å². The molecule has 0 spiro atoms. The Morgan fingerprint density at radius 1 is 1.30 bits per heavy atom. The minimum Gasteiger partial charge on any atom is -0.380 e. The topological polar surface area (TPSA) is 82.4 Å². The molecule has 0 saturated carbocycles. The number of nitrogens with zero attached hydrogens (tertiary/aromatic N) is 2. The Bertz CT molecular complexity index is 761. The molecule has 1 heterocycles. The van der Waals surface area contributed by atoms with Gasteiger partial charge < -0.3 is 14.8 Å². The van der Waals surface area contributed by atoms with Gasteiger partial charge in [-0.05, 0) is 12.1 Å². The Labute approximate surface area is 131 Å². The lowest BCUT2D eigenvalue weighted by Crippen LogP contribution is -2.34. The lowest BCUT2D eigenvalue weighted by Gasteiger charge is -2.11. The fourth-order valence-electron chi connectivity index (χ4n) is 1.93. The van der Waals surface area contributed by atoms with Gasteiger partial charge in [-0.3, -0.25) is 9.59 Å². The molecule has 0 saturated heterocycles. The van der Waals surface area contributed by atoms with Gasteiger partial charge in [-0.1, -0.05) is 12.1 Å². The number of halogens is 1. The molecule has 0 aliphatic heterocycles. The van der Waals surface area contributed by atoms with Crippen molar-refractivity contribution < 1.29 is 18.7 Å². The number of carbonyl (C=O) groups is 1. The Kier molecular flexibility index (Phi) is 5.56. The van der Waals surface area contributed by atoms with Crippen LogP contribution in [-0.4, -0.2) is 36.6 Å². The molecule has 8 heteroatoms. The van der Waals surface area contributed by atoms with Crippen molar-refractivity contribution in [2.75, 3.05) is 21.0 Å². The molecule has 1 N–H and O–H groups in total. The molecule has 0 bridgehead atoms. The van der Waals surface area contributed by atoms with Crippen LogP contribution in [0.3, 0.4) is 0 Å². The molecule has 0 radical (unpaired) electrons. The minimum atomic E-state index is -0.708. The summed E-state index contributed by atoms with van der Waals surface area (Å²) in [5.41, 5.74) is -0.633. The Morgan fingerprint density at radius 3 is 2.70 bits per heavy atom. The summed E-state index contributed by atoms with van der Waals surface area (Å²) in [5, 5.41) is 6.32. The van der Waals surface area contributed by atoms with Crippen LogP contribution in [0.1, 0.15) is 16.1 Å². The first kappa shape index (κ1) is 16.8. The highest BCUT2D eigenvalue weighted by Gasteiger charge is 2.18. The third kappa shape index (κ3) is 3.79. The van der Waals surface area contributed by atoms with Crippen molar-refractivity contribution >= 4 is 5.91 Å². The number of para-hydroxylation sites is 1. The van der Waals surface area contributed by atoms with Gasteiger partial charge in [0.15, 0.2) is 5.69 Å². The standard InChI is InChI=1S/C15H16FN3O4/c1-22-8-10-7-19(12-6-4-3-5-11(12)16)18-13(14(10)20)15(21)17-9-23-2/h3-7H,8-9H2,1-2H3,(H,17,21). The van der Waals surface area contributed by atoms with Crippen LogP contribution < -0.4 is 10.7 Å². The van der Waals surface area contributed by atoms with Gasteiger partial charge in [0, 0.05) is 26.0 Å². The van der Waals surface area contributed by atoms with Crippen LogP contribution >= 0.6 is 0 Å². The summed E-state index contributed by atoms with van der Waals surface area (Å²) in [7, 11) is 2.81. The van der Waals surface area contributed by atoms with E-state index in [-0.39, 0.29) is 30.3 Å². The highest BCUT2D eigenvalue weighted by atomic mass is 19.1. The van der Waals surface area contributed by atoms with Gasteiger partial charge in [0.05, 0.1) is 6.61 Å². The maximum atomic E-state index is 13.9. The summed E-state index contributed by atoms with van der Waals surface area (Å²) >= 11 is 0. The van der Waals surface area contributed by atoms with E-state index in [1.165, 1.54) is 38.6 Å². The smallest absolute Gasteiger partial charge is 0.277 e. The molecule has 0 aliphatic carbocycles. The maximum Gasteiger partial charge on any atom is 0.277 e. The summed E-state index contributed by atoms with van der Waals surface area (Å²) in [5.74, 6) is -1.24. The van der Waals surface area contributed by atoms with E-state index in [2.05, 4.69) is 10.4 Å². The first-order valence-electron chi connectivity index (χ1n) is 6.72. The van der Waals surface area contributed by atoms with E-state index in [9.17, 15) is 14.0 Å². The number of rotatable bonds is 6. The molecule has 7 nitrogen and oxygen atoms in total. The van der Waals surface area contributed by atoms with Crippen molar-refractivity contribution in [2.24, 2.45) is 0 Å².